The Kier molecular flexibility index (Phi) is 4.66. The van der Waals surface area contributed by atoms with Crippen LogP contribution in [0.15, 0.2) is 64.8 Å². The number of aryl methyl sites for hydroxylation is 1. The second-order valence-electron chi connectivity index (χ2n) is 5.68. The molecule has 3 aromatic rings. The lowest BCUT2D eigenvalue weighted by molar-refractivity contribution is -0.111. The van der Waals surface area contributed by atoms with Crippen molar-refractivity contribution < 1.29 is 4.79 Å². The third kappa shape index (κ3) is 3.54. The molecule has 1 amide bonds. The third-order valence-corrected chi connectivity index (χ3v) is 3.82. The van der Waals surface area contributed by atoms with E-state index >= 15 is 0 Å². The monoisotopic (exact) mass is 351 g/mol. The van der Waals surface area contributed by atoms with Gasteiger partial charge in [0.1, 0.15) is 0 Å². The molecule has 1 N–H and O–H groups in total. The molecule has 0 unspecified atom stereocenters. The van der Waals surface area contributed by atoms with Crippen molar-refractivity contribution >= 4 is 17.7 Å². The van der Waals surface area contributed by atoms with Gasteiger partial charge < -0.3 is 14.5 Å². The zero-order chi connectivity index (χ0) is 18.7. The molecule has 0 aliphatic heterocycles. The molecule has 0 aliphatic carbocycles. The van der Waals surface area contributed by atoms with Crippen LogP contribution in [0.2, 0.25) is 0 Å². The van der Waals surface area contributed by atoms with Gasteiger partial charge in [0.2, 0.25) is 5.91 Å². The molecule has 3 rings (SSSR count). The minimum absolute atomic E-state index is 0.250. The maximum absolute atomic E-state index is 12.1. The molecule has 0 fully saturated rings. The molecule has 1 aromatic carbocycles. The van der Waals surface area contributed by atoms with Gasteiger partial charge in [-0.15, -0.1) is 0 Å². The van der Waals surface area contributed by atoms with Crippen molar-refractivity contribution in [2.75, 3.05) is 5.32 Å². The van der Waals surface area contributed by atoms with Crippen LogP contribution < -0.4 is 16.6 Å². The topological polar surface area (TPSA) is 90.9 Å². The smallest absolute Gasteiger partial charge is 0.323 e. The summed E-state index contributed by atoms with van der Waals surface area (Å²) in [4.78, 5) is 39.7. The summed E-state index contributed by atoms with van der Waals surface area (Å²) in [5, 5.41) is 2.72. The number of hydrogen-bond donors (Lipinski definition) is 1. The van der Waals surface area contributed by atoms with E-state index in [1.165, 1.54) is 30.0 Å². The second kappa shape index (κ2) is 7.06. The molecule has 0 saturated carbocycles. The van der Waals surface area contributed by atoms with E-state index in [9.17, 15) is 14.4 Å². The normalized spacial score (nSPS) is 11.0. The van der Waals surface area contributed by atoms with E-state index in [1.54, 1.807) is 31.7 Å². The van der Waals surface area contributed by atoms with Crippen LogP contribution in [0.4, 0.5) is 5.69 Å². The maximum atomic E-state index is 12.1. The van der Waals surface area contributed by atoms with E-state index in [0.717, 1.165) is 10.3 Å². The Morgan fingerprint density at radius 3 is 2.54 bits per heavy atom. The van der Waals surface area contributed by atoms with Gasteiger partial charge in [-0.05, 0) is 30.3 Å². The number of rotatable bonds is 4. The summed E-state index contributed by atoms with van der Waals surface area (Å²) in [6.07, 6.45) is 9.23. The molecule has 2 aromatic heterocycles. The van der Waals surface area contributed by atoms with Crippen LogP contribution in [0.3, 0.4) is 0 Å². The SMILES string of the molecule is Cn1cc(/C=C/C(=O)Nc2ccc(-n3ccnc3)cc2)c(=O)n(C)c1=O. The van der Waals surface area contributed by atoms with Crippen LogP contribution in [-0.2, 0) is 18.9 Å². The van der Waals surface area contributed by atoms with Crippen molar-refractivity contribution in [3.63, 3.8) is 0 Å². The van der Waals surface area contributed by atoms with Gasteiger partial charge in [-0.1, -0.05) is 0 Å². The molecule has 26 heavy (non-hydrogen) atoms. The zero-order valence-corrected chi connectivity index (χ0v) is 14.3. The number of anilines is 1. The summed E-state index contributed by atoms with van der Waals surface area (Å²) < 4.78 is 4.13. The summed E-state index contributed by atoms with van der Waals surface area (Å²) >= 11 is 0. The van der Waals surface area contributed by atoms with Crippen molar-refractivity contribution in [3.05, 3.63) is 81.7 Å². The molecular formula is C18H17N5O3. The molecule has 0 atom stereocenters. The maximum Gasteiger partial charge on any atom is 0.330 e. The van der Waals surface area contributed by atoms with Gasteiger partial charge in [-0.2, -0.15) is 0 Å². The molecule has 0 spiro atoms. The summed E-state index contributed by atoms with van der Waals surface area (Å²) in [7, 11) is 2.94. The lowest BCUT2D eigenvalue weighted by Gasteiger charge is -2.05. The van der Waals surface area contributed by atoms with Crippen molar-refractivity contribution in [2.24, 2.45) is 14.1 Å². The van der Waals surface area contributed by atoms with Gasteiger partial charge in [-0.25, -0.2) is 9.78 Å². The Balaban J connectivity index is 1.72. The molecular weight excluding hydrogens is 334 g/mol. The second-order valence-corrected chi connectivity index (χ2v) is 5.68. The summed E-state index contributed by atoms with van der Waals surface area (Å²) in [6.45, 7) is 0. The predicted molar refractivity (Wildman–Crippen MR) is 98.2 cm³/mol. The van der Waals surface area contributed by atoms with E-state index in [4.69, 9.17) is 0 Å². The first-order valence-corrected chi connectivity index (χ1v) is 7.80. The Morgan fingerprint density at radius 1 is 1.15 bits per heavy atom. The third-order valence-electron chi connectivity index (χ3n) is 3.82. The van der Waals surface area contributed by atoms with E-state index in [0.29, 0.717) is 5.69 Å². The zero-order valence-electron chi connectivity index (χ0n) is 14.3. The number of nitrogens with zero attached hydrogens (tertiary/aromatic N) is 4. The summed E-state index contributed by atoms with van der Waals surface area (Å²) in [6, 6.07) is 7.24. The number of aromatic nitrogens is 4. The number of hydrogen-bond acceptors (Lipinski definition) is 4. The highest BCUT2D eigenvalue weighted by Gasteiger charge is 2.05. The van der Waals surface area contributed by atoms with Crippen molar-refractivity contribution in [3.8, 4) is 5.69 Å². The highest BCUT2D eigenvalue weighted by Crippen LogP contribution is 2.13. The molecule has 132 valence electrons. The molecule has 0 radical (unpaired) electrons. The van der Waals surface area contributed by atoms with E-state index in [1.807, 2.05) is 22.9 Å². The Labute approximate surface area is 148 Å². The summed E-state index contributed by atoms with van der Waals surface area (Å²) in [5.74, 6) is -0.378. The van der Waals surface area contributed by atoms with Crippen LogP contribution in [-0.4, -0.2) is 24.6 Å². The van der Waals surface area contributed by atoms with Crippen LogP contribution in [0.1, 0.15) is 5.56 Å². The van der Waals surface area contributed by atoms with Crippen LogP contribution in [0, 0.1) is 0 Å². The average molecular weight is 351 g/mol. The number of imidazole rings is 1. The molecule has 2 heterocycles. The summed E-state index contributed by atoms with van der Waals surface area (Å²) in [5.41, 5.74) is 0.915. The highest BCUT2D eigenvalue weighted by atomic mass is 16.2. The lowest BCUT2D eigenvalue weighted by Crippen LogP contribution is -2.37. The van der Waals surface area contributed by atoms with Crippen molar-refractivity contribution in [2.45, 2.75) is 0 Å². The highest BCUT2D eigenvalue weighted by molar-refractivity contribution is 6.01. The molecule has 0 bridgehead atoms. The van der Waals surface area contributed by atoms with Gasteiger partial charge in [-0.3, -0.25) is 14.2 Å². The van der Waals surface area contributed by atoms with E-state index < -0.39 is 11.2 Å². The van der Waals surface area contributed by atoms with Gasteiger partial charge >= 0.3 is 5.69 Å². The van der Waals surface area contributed by atoms with Gasteiger partial charge in [0.25, 0.3) is 5.56 Å². The molecule has 8 heteroatoms. The first-order valence-electron chi connectivity index (χ1n) is 7.80. The Hall–Kier alpha value is -3.68. The number of amides is 1. The fourth-order valence-electron chi connectivity index (χ4n) is 2.43. The first kappa shape index (κ1) is 17.2. The fraction of sp³-hybridized carbons (Fsp3) is 0.111. The number of benzene rings is 1. The standard InChI is InChI=1S/C18H17N5O3/c1-21-11-13(17(25)22(2)18(21)26)3-8-16(24)20-14-4-6-15(7-5-14)23-10-9-19-12-23/h3-12H,1-2H3,(H,20,24)/b8-3+. The predicted octanol–water partition coefficient (Wildman–Crippen LogP) is 0.922. The van der Waals surface area contributed by atoms with Gasteiger partial charge in [0.05, 0.1) is 11.9 Å². The number of nitrogens with one attached hydrogen (secondary N) is 1. The average Bonchev–Trinajstić information content (AvgIpc) is 3.17. The fourth-order valence-corrected chi connectivity index (χ4v) is 2.43. The lowest BCUT2D eigenvalue weighted by atomic mass is 10.2. The van der Waals surface area contributed by atoms with Crippen molar-refractivity contribution in [1.29, 1.82) is 0 Å². The largest absolute Gasteiger partial charge is 0.330 e. The van der Waals surface area contributed by atoms with Crippen LogP contribution >= 0.6 is 0 Å². The van der Waals surface area contributed by atoms with Gasteiger partial charge in [0, 0.05) is 50.1 Å². The Bertz CT molecular complexity index is 1070. The van der Waals surface area contributed by atoms with E-state index in [2.05, 4.69) is 10.3 Å². The van der Waals surface area contributed by atoms with Crippen LogP contribution in [0.25, 0.3) is 11.8 Å². The molecule has 0 saturated heterocycles. The van der Waals surface area contributed by atoms with Crippen LogP contribution in [0.5, 0.6) is 0 Å². The van der Waals surface area contributed by atoms with Gasteiger partial charge in [0.15, 0.2) is 0 Å². The minimum atomic E-state index is -0.457. The Morgan fingerprint density at radius 2 is 1.88 bits per heavy atom. The minimum Gasteiger partial charge on any atom is -0.323 e. The number of carbonyl (C=O) groups is 1. The molecule has 0 aliphatic rings. The quantitative estimate of drug-likeness (QED) is 0.708. The number of carbonyl (C=O) groups excluding carboxylic acids is 1. The first-order chi connectivity index (χ1) is 12.5. The van der Waals surface area contributed by atoms with E-state index in [-0.39, 0.29) is 11.5 Å². The molecule has 8 nitrogen and oxygen atoms in total. The van der Waals surface area contributed by atoms with Crippen molar-refractivity contribution in [1.82, 2.24) is 18.7 Å².